The van der Waals surface area contributed by atoms with Gasteiger partial charge in [-0.3, -0.25) is 9.69 Å². The monoisotopic (exact) mass is 367 g/mol. The van der Waals surface area contributed by atoms with Crippen LogP contribution in [0.4, 0.5) is 5.95 Å². The van der Waals surface area contributed by atoms with Crippen LogP contribution >= 0.6 is 0 Å². The lowest BCUT2D eigenvalue weighted by Gasteiger charge is -2.34. The number of nitrogens with zero attached hydrogens (tertiary/aromatic N) is 4. The molecule has 1 aromatic heterocycles. The standard InChI is InChI=1S/C20H25N5O2/c26-19(23-14-18-17-5-2-1-4-16(17)6-13-27-18)15-24-9-11-25(12-10-24)20-21-7-3-8-22-20/h1-5,7-8,18H,6,9-15H2,(H,23,26)/t18-/m0/s1. The van der Waals surface area contributed by atoms with Crippen molar-refractivity contribution in [2.24, 2.45) is 0 Å². The highest BCUT2D eigenvalue weighted by Crippen LogP contribution is 2.26. The van der Waals surface area contributed by atoms with Crippen molar-refractivity contribution in [3.63, 3.8) is 0 Å². The van der Waals surface area contributed by atoms with Gasteiger partial charge in [0.05, 0.1) is 13.2 Å². The highest BCUT2D eigenvalue weighted by molar-refractivity contribution is 5.78. The van der Waals surface area contributed by atoms with Gasteiger partial charge in [-0.2, -0.15) is 0 Å². The van der Waals surface area contributed by atoms with Crippen LogP contribution in [0.25, 0.3) is 0 Å². The fourth-order valence-corrected chi connectivity index (χ4v) is 3.67. The van der Waals surface area contributed by atoms with Gasteiger partial charge in [-0.1, -0.05) is 24.3 Å². The largest absolute Gasteiger partial charge is 0.371 e. The predicted molar refractivity (Wildman–Crippen MR) is 103 cm³/mol. The Morgan fingerprint density at radius 2 is 1.89 bits per heavy atom. The number of piperazine rings is 1. The van der Waals surface area contributed by atoms with Gasteiger partial charge in [0.25, 0.3) is 0 Å². The second-order valence-electron chi connectivity index (χ2n) is 6.92. The molecule has 2 aliphatic rings. The molecule has 1 amide bonds. The van der Waals surface area contributed by atoms with Crippen LogP contribution in [0.15, 0.2) is 42.7 Å². The van der Waals surface area contributed by atoms with Crippen LogP contribution in [0, 0.1) is 0 Å². The van der Waals surface area contributed by atoms with Crippen LogP contribution in [0.1, 0.15) is 17.2 Å². The fourth-order valence-electron chi connectivity index (χ4n) is 3.67. The molecule has 0 aliphatic carbocycles. The molecule has 0 bridgehead atoms. The van der Waals surface area contributed by atoms with E-state index in [0.717, 1.165) is 38.5 Å². The Labute approximate surface area is 159 Å². The molecular weight excluding hydrogens is 342 g/mol. The molecule has 0 saturated carbocycles. The molecule has 7 heteroatoms. The van der Waals surface area contributed by atoms with Crippen molar-refractivity contribution in [1.82, 2.24) is 20.2 Å². The maximum atomic E-state index is 12.4. The molecule has 2 aliphatic heterocycles. The van der Waals surface area contributed by atoms with Crippen molar-refractivity contribution in [2.45, 2.75) is 12.5 Å². The molecule has 0 spiro atoms. The van der Waals surface area contributed by atoms with Crippen LogP contribution in [0.5, 0.6) is 0 Å². The highest BCUT2D eigenvalue weighted by atomic mass is 16.5. The summed E-state index contributed by atoms with van der Waals surface area (Å²) in [5.74, 6) is 0.806. The summed E-state index contributed by atoms with van der Waals surface area (Å²) in [5, 5.41) is 3.04. The van der Waals surface area contributed by atoms with E-state index in [2.05, 4.69) is 43.3 Å². The average molecular weight is 367 g/mol. The molecular formula is C20H25N5O2. The zero-order valence-electron chi connectivity index (χ0n) is 15.4. The Hall–Kier alpha value is -2.51. The topological polar surface area (TPSA) is 70.6 Å². The van der Waals surface area contributed by atoms with Crippen LogP contribution in [0.2, 0.25) is 0 Å². The van der Waals surface area contributed by atoms with Crippen molar-refractivity contribution in [3.05, 3.63) is 53.9 Å². The van der Waals surface area contributed by atoms with Gasteiger partial charge in [0.2, 0.25) is 11.9 Å². The summed E-state index contributed by atoms with van der Waals surface area (Å²) in [7, 11) is 0. The molecule has 0 unspecified atom stereocenters. The number of rotatable bonds is 5. The first kappa shape index (κ1) is 17.9. The Kier molecular flexibility index (Phi) is 5.60. The summed E-state index contributed by atoms with van der Waals surface area (Å²) in [5.41, 5.74) is 2.52. The Bertz CT molecular complexity index is 762. The number of nitrogens with one attached hydrogen (secondary N) is 1. The third-order valence-corrected chi connectivity index (χ3v) is 5.15. The van der Waals surface area contributed by atoms with Gasteiger partial charge in [-0.25, -0.2) is 9.97 Å². The lowest BCUT2D eigenvalue weighted by atomic mass is 9.97. The SMILES string of the molecule is O=C(CN1CCN(c2ncccn2)CC1)NC[C@@H]1OCCc2ccccc21. The first-order valence-electron chi connectivity index (χ1n) is 9.50. The molecule has 0 radical (unpaired) electrons. The van der Waals surface area contributed by atoms with Crippen LogP contribution in [-0.2, 0) is 16.0 Å². The normalized spacial score (nSPS) is 20.1. The van der Waals surface area contributed by atoms with E-state index >= 15 is 0 Å². The van der Waals surface area contributed by atoms with E-state index < -0.39 is 0 Å². The maximum Gasteiger partial charge on any atom is 0.234 e. The first-order chi connectivity index (χ1) is 13.3. The van der Waals surface area contributed by atoms with Gasteiger partial charge in [0.1, 0.15) is 6.10 Å². The fraction of sp³-hybridized carbons (Fsp3) is 0.450. The molecule has 142 valence electrons. The molecule has 1 fully saturated rings. The second-order valence-corrected chi connectivity index (χ2v) is 6.92. The Balaban J connectivity index is 1.23. The van der Waals surface area contributed by atoms with Crippen molar-refractivity contribution in [2.75, 3.05) is 50.8 Å². The number of ether oxygens (including phenoxy) is 1. The van der Waals surface area contributed by atoms with Crippen molar-refractivity contribution in [3.8, 4) is 0 Å². The Morgan fingerprint density at radius 1 is 1.11 bits per heavy atom. The van der Waals surface area contributed by atoms with E-state index in [9.17, 15) is 4.79 Å². The number of anilines is 1. The number of carbonyl (C=O) groups is 1. The Morgan fingerprint density at radius 3 is 2.70 bits per heavy atom. The van der Waals surface area contributed by atoms with Gasteiger partial charge >= 0.3 is 0 Å². The summed E-state index contributed by atoms with van der Waals surface area (Å²) < 4.78 is 5.86. The molecule has 3 heterocycles. The maximum absolute atomic E-state index is 12.4. The summed E-state index contributed by atoms with van der Waals surface area (Å²) >= 11 is 0. The van der Waals surface area contributed by atoms with E-state index in [1.165, 1.54) is 11.1 Å². The van der Waals surface area contributed by atoms with Gasteiger partial charge in [0, 0.05) is 45.1 Å². The van der Waals surface area contributed by atoms with Crippen LogP contribution in [-0.4, -0.2) is 66.7 Å². The number of benzene rings is 1. The number of aromatic nitrogens is 2. The number of carbonyl (C=O) groups excluding carboxylic acids is 1. The van der Waals surface area contributed by atoms with Crippen molar-refractivity contribution in [1.29, 1.82) is 0 Å². The molecule has 2 aromatic rings. The quantitative estimate of drug-likeness (QED) is 0.851. The first-order valence-corrected chi connectivity index (χ1v) is 9.50. The van der Waals surface area contributed by atoms with Gasteiger partial charge < -0.3 is 15.0 Å². The van der Waals surface area contributed by atoms with Gasteiger partial charge in [-0.15, -0.1) is 0 Å². The summed E-state index contributed by atoms with van der Waals surface area (Å²) in [4.78, 5) is 25.3. The van der Waals surface area contributed by atoms with E-state index in [4.69, 9.17) is 4.74 Å². The number of amides is 1. The summed E-state index contributed by atoms with van der Waals surface area (Å²) in [6.07, 6.45) is 4.41. The third-order valence-electron chi connectivity index (χ3n) is 5.15. The van der Waals surface area contributed by atoms with Crippen molar-refractivity contribution < 1.29 is 9.53 Å². The van der Waals surface area contributed by atoms with Gasteiger partial charge in [-0.05, 0) is 23.6 Å². The molecule has 1 saturated heterocycles. The lowest BCUT2D eigenvalue weighted by molar-refractivity contribution is -0.123. The van der Waals surface area contributed by atoms with Crippen LogP contribution < -0.4 is 10.2 Å². The third kappa shape index (κ3) is 4.43. The zero-order chi connectivity index (χ0) is 18.5. The second kappa shape index (κ2) is 8.45. The minimum Gasteiger partial charge on any atom is -0.371 e. The van der Waals surface area contributed by atoms with Crippen molar-refractivity contribution >= 4 is 11.9 Å². The predicted octanol–water partition coefficient (Wildman–Crippen LogP) is 1.03. The lowest BCUT2D eigenvalue weighted by Crippen LogP contribution is -2.50. The molecule has 7 nitrogen and oxygen atoms in total. The molecule has 27 heavy (non-hydrogen) atoms. The number of hydrogen-bond acceptors (Lipinski definition) is 6. The highest BCUT2D eigenvalue weighted by Gasteiger charge is 2.23. The molecule has 1 N–H and O–H groups in total. The zero-order valence-corrected chi connectivity index (χ0v) is 15.4. The van der Waals surface area contributed by atoms with Crippen LogP contribution in [0.3, 0.4) is 0 Å². The van der Waals surface area contributed by atoms with E-state index in [-0.39, 0.29) is 12.0 Å². The van der Waals surface area contributed by atoms with E-state index in [1.807, 2.05) is 12.1 Å². The summed E-state index contributed by atoms with van der Waals surface area (Å²) in [6.45, 7) is 4.96. The number of hydrogen-bond donors (Lipinski definition) is 1. The number of fused-ring (bicyclic) bond motifs is 1. The average Bonchev–Trinajstić information content (AvgIpc) is 2.73. The van der Waals surface area contributed by atoms with E-state index in [1.54, 1.807) is 12.4 Å². The minimum absolute atomic E-state index is 0.0473. The molecule has 4 rings (SSSR count). The molecule has 1 aromatic carbocycles. The van der Waals surface area contributed by atoms with Gasteiger partial charge in [0.15, 0.2) is 0 Å². The molecule has 1 atom stereocenters. The smallest absolute Gasteiger partial charge is 0.234 e. The summed E-state index contributed by atoms with van der Waals surface area (Å²) in [6, 6.07) is 10.1. The van der Waals surface area contributed by atoms with E-state index in [0.29, 0.717) is 19.7 Å². The minimum atomic E-state index is -0.0500.